The molecule has 33 heavy (non-hydrogen) atoms. The molecule has 6 nitrogen and oxygen atoms in total. The Morgan fingerprint density at radius 1 is 0.939 bits per heavy atom. The molecule has 0 unspecified atom stereocenters. The Morgan fingerprint density at radius 2 is 1.73 bits per heavy atom. The highest BCUT2D eigenvalue weighted by Gasteiger charge is 2.23. The number of carbonyl (C=O) groups excluding carboxylic acids is 1. The number of carbonyl (C=O) groups is 1. The molecule has 1 saturated heterocycles. The quantitative estimate of drug-likeness (QED) is 0.359. The Morgan fingerprint density at radius 3 is 2.52 bits per heavy atom. The summed E-state index contributed by atoms with van der Waals surface area (Å²) in [6.45, 7) is 2.34. The highest BCUT2D eigenvalue weighted by molar-refractivity contribution is 6.35. The molecule has 4 aromatic rings. The number of benzene rings is 3. The van der Waals surface area contributed by atoms with Crippen molar-refractivity contribution in [3.63, 3.8) is 0 Å². The zero-order valence-electron chi connectivity index (χ0n) is 17.6. The maximum Gasteiger partial charge on any atom is 0.324 e. The van der Waals surface area contributed by atoms with Crippen molar-refractivity contribution in [2.24, 2.45) is 0 Å². The smallest absolute Gasteiger partial charge is 0.324 e. The van der Waals surface area contributed by atoms with E-state index < -0.39 is 0 Å². The van der Waals surface area contributed by atoms with Crippen LogP contribution in [0.1, 0.15) is 5.56 Å². The summed E-state index contributed by atoms with van der Waals surface area (Å²) in [4.78, 5) is 21.0. The molecular formula is C25H20Cl2N4O2. The van der Waals surface area contributed by atoms with Gasteiger partial charge in [0.15, 0.2) is 0 Å². The second-order valence-electron chi connectivity index (χ2n) is 7.77. The maximum atomic E-state index is 12.6. The summed E-state index contributed by atoms with van der Waals surface area (Å²) in [5.41, 5.74) is 1.66. The molecule has 0 bridgehead atoms. The predicted molar refractivity (Wildman–Crippen MR) is 132 cm³/mol. The number of piperazine rings is 1. The lowest BCUT2D eigenvalue weighted by Gasteiger charge is -2.32. The third kappa shape index (κ3) is 4.72. The van der Waals surface area contributed by atoms with Crippen molar-refractivity contribution in [2.45, 2.75) is 0 Å². The third-order valence-corrected chi connectivity index (χ3v) is 6.22. The van der Waals surface area contributed by atoms with Crippen LogP contribution in [0.25, 0.3) is 28.2 Å². The van der Waals surface area contributed by atoms with Crippen LogP contribution in [0.3, 0.4) is 0 Å². The van der Waals surface area contributed by atoms with Crippen molar-refractivity contribution in [3.05, 3.63) is 82.3 Å². The van der Waals surface area contributed by atoms with Gasteiger partial charge in [0.1, 0.15) is 0 Å². The Kier molecular flexibility index (Phi) is 6.03. The van der Waals surface area contributed by atoms with Gasteiger partial charge in [-0.15, -0.1) is 0 Å². The molecule has 8 heteroatoms. The first-order chi connectivity index (χ1) is 16.1. The number of hydrogen-bond donors (Lipinski definition) is 0. The van der Waals surface area contributed by atoms with Gasteiger partial charge in [-0.25, -0.2) is 0 Å². The van der Waals surface area contributed by atoms with Gasteiger partial charge in [-0.3, -0.25) is 4.79 Å². The Balaban J connectivity index is 1.22. The molecule has 0 N–H and O–H groups in total. The normalized spacial score (nSPS) is 14.4. The van der Waals surface area contributed by atoms with Crippen molar-refractivity contribution < 1.29 is 9.32 Å². The molecule has 0 spiro atoms. The van der Waals surface area contributed by atoms with Crippen LogP contribution in [0.4, 0.5) is 6.01 Å². The van der Waals surface area contributed by atoms with Gasteiger partial charge in [-0.2, -0.15) is 4.98 Å². The maximum absolute atomic E-state index is 12.6. The summed E-state index contributed by atoms with van der Waals surface area (Å²) in [5, 5.41) is 7.52. The van der Waals surface area contributed by atoms with Crippen molar-refractivity contribution in [2.75, 3.05) is 31.1 Å². The largest absolute Gasteiger partial charge is 0.336 e. The molecule has 3 aromatic carbocycles. The number of halogens is 2. The van der Waals surface area contributed by atoms with E-state index >= 15 is 0 Å². The lowest BCUT2D eigenvalue weighted by Crippen LogP contribution is -2.48. The molecule has 0 radical (unpaired) electrons. The highest BCUT2D eigenvalue weighted by Crippen LogP contribution is 2.25. The van der Waals surface area contributed by atoms with E-state index in [4.69, 9.17) is 27.7 Å². The van der Waals surface area contributed by atoms with E-state index in [2.05, 4.69) is 34.4 Å². The number of amides is 1. The SMILES string of the molecule is O=C(/C=C/c1ccc(Cl)cc1Cl)N1CCN(c2nc(-c3ccc4ccccc4c3)no2)CC1. The number of aromatic nitrogens is 2. The van der Waals surface area contributed by atoms with Crippen LogP contribution in [0.15, 0.2) is 71.3 Å². The summed E-state index contributed by atoms with van der Waals surface area (Å²) in [6, 6.07) is 19.9. The standard InChI is InChI=1S/C25H20Cl2N4O2/c26-21-9-7-18(22(27)16-21)8-10-23(32)30-11-13-31(14-12-30)25-28-24(29-33-25)20-6-5-17-3-1-2-4-19(17)15-20/h1-10,15-16H,11-14H2/b10-8+. The minimum Gasteiger partial charge on any atom is -0.336 e. The molecule has 1 fully saturated rings. The van der Waals surface area contributed by atoms with Crippen LogP contribution in [0, 0.1) is 0 Å². The number of fused-ring (bicyclic) bond motifs is 1. The minimum absolute atomic E-state index is 0.0666. The summed E-state index contributed by atoms with van der Waals surface area (Å²) >= 11 is 12.1. The number of rotatable bonds is 4. The topological polar surface area (TPSA) is 62.5 Å². The third-order valence-electron chi connectivity index (χ3n) is 5.65. The fourth-order valence-electron chi connectivity index (χ4n) is 3.81. The van der Waals surface area contributed by atoms with E-state index in [1.807, 2.05) is 23.1 Å². The van der Waals surface area contributed by atoms with Gasteiger partial charge in [0.25, 0.3) is 0 Å². The first-order valence-corrected chi connectivity index (χ1v) is 11.3. The van der Waals surface area contributed by atoms with Gasteiger partial charge in [-0.1, -0.05) is 70.8 Å². The summed E-state index contributed by atoms with van der Waals surface area (Å²) < 4.78 is 5.52. The summed E-state index contributed by atoms with van der Waals surface area (Å²) in [5.74, 6) is 0.486. The van der Waals surface area contributed by atoms with E-state index in [1.54, 1.807) is 29.2 Å². The van der Waals surface area contributed by atoms with Crippen LogP contribution >= 0.6 is 23.2 Å². The van der Waals surface area contributed by atoms with E-state index in [0.29, 0.717) is 48.1 Å². The molecule has 0 aliphatic carbocycles. The molecule has 1 aliphatic heterocycles. The molecule has 1 aliphatic rings. The first-order valence-electron chi connectivity index (χ1n) is 10.6. The predicted octanol–water partition coefficient (Wildman–Crippen LogP) is 5.56. The van der Waals surface area contributed by atoms with Crippen LogP contribution in [0.2, 0.25) is 10.0 Å². The van der Waals surface area contributed by atoms with Crippen LogP contribution < -0.4 is 4.90 Å². The second-order valence-corrected chi connectivity index (χ2v) is 8.62. The van der Waals surface area contributed by atoms with Crippen molar-refractivity contribution in [1.82, 2.24) is 15.0 Å². The fraction of sp³-hybridized carbons (Fsp3) is 0.160. The van der Waals surface area contributed by atoms with Gasteiger partial charge in [-0.05, 0) is 40.6 Å². The molecule has 0 saturated carbocycles. The highest BCUT2D eigenvalue weighted by atomic mass is 35.5. The van der Waals surface area contributed by atoms with Crippen molar-refractivity contribution in [3.8, 4) is 11.4 Å². The molecular weight excluding hydrogens is 459 g/mol. The van der Waals surface area contributed by atoms with E-state index in [0.717, 1.165) is 21.9 Å². The lowest BCUT2D eigenvalue weighted by atomic mass is 10.1. The molecule has 1 amide bonds. The monoisotopic (exact) mass is 478 g/mol. The minimum atomic E-state index is -0.0666. The lowest BCUT2D eigenvalue weighted by molar-refractivity contribution is -0.126. The first kappa shape index (κ1) is 21.5. The van der Waals surface area contributed by atoms with Gasteiger partial charge >= 0.3 is 6.01 Å². The van der Waals surface area contributed by atoms with E-state index in [9.17, 15) is 4.79 Å². The number of hydrogen-bond acceptors (Lipinski definition) is 5. The molecule has 1 aromatic heterocycles. The van der Waals surface area contributed by atoms with Gasteiger partial charge < -0.3 is 14.3 Å². The molecule has 0 atom stereocenters. The molecule has 2 heterocycles. The van der Waals surface area contributed by atoms with E-state index in [-0.39, 0.29) is 5.91 Å². The van der Waals surface area contributed by atoms with Crippen LogP contribution in [-0.2, 0) is 4.79 Å². The molecule has 5 rings (SSSR count). The number of nitrogens with zero attached hydrogens (tertiary/aromatic N) is 4. The average molecular weight is 479 g/mol. The Labute approximate surface area is 201 Å². The Bertz CT molecular complexity index is 1340. The fourth-order valence-corrected chi connectivity index (χ4v) is 4.28. The van der Waals surface area contributed by atoms with E-state index in [1.165, 1.54) is 6.08 Å². The van der Waals surface area contributed by atoms with Gasteiger partial charge in [0, 0.05) is 47.9 Å². The van der Waals surface area contributed by atoms with Gasteiger partial charge in [0.2, 0.25) is 11.7 Å². The van der Waals surface area contributed by atoms with Crippen LogP contribution in [-0.4, -0.2) is 47.1 Å². The second kappa shape index (κ2) is 9.25. The molecule has 166 valence electrons. The van der Waals surface area contributed by atoms with Gasteiger partial charge in [0.05, 0.1) is 0 Å². The zero-order chi connectivity index (χ0) is 22.8. The summed E-state index contributed by atoms with van der Waals surface area (Å²) in [6.07, 6.45) is 3.25. The van der Waals surface area contributed by atoms with Crippen molar-refractivity contribution in [1.29, 1.82) is 0 Å². The Hall–Kier alpha value is -3.35. The van der Waals surface area contributed by atoms with Crippen molar-refractivity contribution >= 4 is 52.0 Å². The summed E-state index contributed by atoms with van der Waals surface area (Å²) in [7, 11) is 0. The number of anilines is 1. The van der Waals surface area contributed by atoms with Crippen LogP contribution in [0.5, 0.6) is 0 Å². The average Bonchev–Trinajstić information content (AvgIpc) is 3.33. The zero-order valence-corrected chi connectivity index (χ0v) is 19.1.